The third kappa shape index (κ3) is 3.24. The standard InChI is InChI=1S/C22H18N2OS/c1-15-13-17(8-7-16-9-11-24(2)12-10-16)21(25)18(14-15)22-23-19-5-3-4-6-20(19)26-22/h3-14H,1-2H3/p+1. The average molecular weight is 359 g/mol. The molecular formula is C22H19N2OS+. The van der Waals surface area contributed by atoms with Crippen LogP contribution in [0.1, 0.15) is 16.7 Å². The predicted molar refractivity (Wildman–Crippen MR) is 108 cm³/mol. The second kappa shape index (κ2) is 6.73. The van der Waals surface area contributed by atoms with E-state index in [1.807, 2.05) is 85.5 Å². The quantitative estimate of drug-likeness (QED) is 0.524. The number of aryl methyl sites for hydroxylation is 2. The normalized spacial score (nSPS) is 11.5. The van der Waals surface area contributed by atoms with E-state index in [0.717, 1.165) is 37.5 Å². The van der Waals surface area contributed by atoms with Crippen LogP contribution in [0.15, 0.2) is 60.9 Å². The fourth-order valence-corrected chi connectivity index (χ4v) is 3.88. The van der Waals surface area contributed by atoms with Crippen molar-refractivity contribution in [3.05, 3.63) is 77.6 Å². The molecule has 3 nitrogen and oxygen atoms in total. The summed E-state index contributed by atoms with van der Waals surface area (Å²) in [6.45, 7) is 2.04. The fraction of sp³-hybridized carbons (Fsp3) is 0.0909. The summed E-state index contributed by atoms with van der Waals surface area (Å²) in [7, 11) is 1.99. The Morgan fingerprint density at radius 3 is 2.58 bits per heavy atom. The van der Waals surface area contributed by atoms with E-state index >= 15 is 0 Å². The lowest BCUT2D eigenvalue weighted by atomic mass is 10.0. The smallest absolute Gasteiger partial charge is 0.169 e. The summed E-state index contributed by atoms with van der Waals surface area (Å²) >= 11 is 1.60. The van der Waals surface area contributed by atoms with Crippen LogP contribution in [0, 0.1) is 6.92 Å². The van der Waals surface area contributed by atoms with Gasteiger partial charge in [0.15, 0.2) is 12.4 Å². The van der Waals surface area contributed by atoms with E-state index in [-0.39, 0.29) is 5.75 Å². The van der Waals surface area contributed by atoms with E-state index in [0.29, 0.717) is 0 Å². The zero-order chi connectivity index (χ0) is 18.1. The molecule has 1 N–H and O–H groups in total. The zero-order valence-corrected chi connectivity index (χ0v) is 15.5. The van der Waals surface area contributed by atoms with Gasteiger partial charge in [0, 0.05) is 17.7 Å². The molecule has 0 fully saturated rings. The number of phenols is 1. The van der Waals surface area contributed by atoms with Crippen molar-refractivity contribution in [2.75, 3.05) is 0 Å². The molecule has 0 saturated heterocycles. The lowest BCUT2D eigenvalue weighted by Crippen LogP contribution is -2.25. The SMILES string of the molecule is Cc1cc(C=Cc2cc[n+](C)cc2)c(O)c(-c2nc3ccccc3s2)c1. The second-order valence-corrected chi connectivity index (χ2v) is 7.40. The highest BCUT2D eigenvalue weighted by atomic mass is 32.1. The molecular weight excluding hydrogens is 340 g/mol. The van der Waals surface area contributed by atoms with Gasteiger partial charge >= 0.3 is 0 Å². The molecule has 0 aliphatic carbocycles. The Kier molecular flexibility index (Phi) is 4.27. The molecule has 0 aliphatic rings. The lowest BCUT2D eigenvalue weighted by Gasteiger charge is -2.07. The zero-order valence-electron chi connectivity index (χ0n) is 14.7. The highest BCUT2D eigenvalue weighted by Crippen LogP contribution is 2.38. The molecule has 2 aromatic carbocycles. The summed E-state index contributed by atoms with van der Waals surface area (Å²) in [6, 6.07) is 16.1. The van der Waals surface area contributed by atoms with Gasteiger partial charge in [-0.05, 0) is 42.3 Å². The first-order valence-corrected chi connectivity index (χ1v) is 9.25. The van der Waals surface area contributed by atoms with E-state index in [1.165, 1.54) is 0 Å². The van der Waals surface area contributed by atoms with Crippen molar-refractivity contribution in [2.45, 2.75) is 6.92 Å². The molecule has 26 heavy (non-hydrogen) atoms. The van der Waals surface area contributed by atoms with Crippen LogP contribution < -0.4 is 4.57 Å². The number of rotatable bonds is 3. The summed E-state index contributed by atoms with van der Waals surface area (Å²) in [5.41, 5.74) is 4.72. The third-order valence-corrected chi connectivity index (χ3v) is 5.34. The molecule has 2 heterocycles. The summed E-state index contributed by atoms with van der Waals surface area (Å²) in [5.74, 6) is 0.271. The Hall–Kier alpha value is -2.98. The highest BCUT2D eigenvalue weighted by molar-refractivity contribution is 7.21. The van der Waals surface area contributed by atoms with Crippen molar-refractivity contribution in [2.24, 2.45) is 7.05 Å². The first-order valence-electron chi connectivity index (χ1n) is 8.43. The number of phenolic OH excluding ortho intramolecular Hbond substituents is 1. The predicted octanol–water partition coefficient (Wildman–Crippen LogP) is 4.97. The van der Waals surface area contributed by atoms with Crippen LogP contribution in [0.4, 0.5) is 0 Å². The number of aromatic hydroxyl groups is 1. The first-order chi connectivity index (χ1) is 12.6. The Balaban J connectivity index is 1.76. The van der Waals surface area contributed by atoms with E-state index in [4.69, 9.17) is 0 Å². The van der Waals surface area contributed by atoms with Gasteiger partial charge in [-0.2, -0.15) is 0 Å². The molecule has 0 radical (unpaired) electrons. The third-order valence-electron chi connectivity index (χ3n) is 4.27. The van der Waals surface area contributed by atoms with Gasteiger partial charge in [0.25, 0.3) is 0 Å². The van der Waals surface area contributed by atoms with Crippen LogP contribution in [0.5, 0.6) is 5.75 Å². The lowest BCUT2D eigenvalue weighted by molar-refractivity contribution is -0.671. The summed E-state index contributed by atoms with van der Waals surface area (Å²) in [5, 5.41) is 11.7. The first kappa shape index (κ1) is 16.5. The maximum atomic E-state index is 10.8. The van der Waals surface area contributed by atoms with E-state index in [1.54, 1.807) is 11.3 Å². The van der Waals surface area contributed by atoms with E-state index < -0.39 is 0 Å². The minimum Gasteiger partial charge on any atom is -0.507 e. The summed E-state index contributed by atoms with van der Waals surface area (Å²) in [6.07, 6.45) is 7.97. The minimum absolute atomic E-state index is 0.271. The molecule has 4 rings (SSSR count). The van der Waals surface area contributed by atoms with Crippen LogP contribution >= 0.6 is 11.3 Å². The number of benzene rings is 2. The Morgan fingerprint density at radius 2 is 1.81 bits per heavy atom. The average Bonchev–Trinajstić information content (AvgIpc) is 3.07. The molecule has 0 aliphatic heterocycles. The molecule has 0 unspecified atom stereocenters. The summed E-state index contributed by atoms with van der Waals surface area (Å²) < 4.78 is 3.12. The van der Waals surface area contributed by atoms with Gasteiger partial charge in [-0.15, -0.1) is 11.3 Å². The van der Waals surface area contributed by atoms with Crippen molar-refractivity contribution in [3.8, 4) is 16.3 Å². The maximum Gasteiger partial charge on any atom is 0.169 e. The highest BCUT2D eigenvalue weighted by Gasteiger charge is 2.13. The molecule has 128 valence electrons. The van der Waals surface area contributed by atoms with Gasteiger partial charge in [-0.25, -0.2) is 9.55 Å². The van der Waals surface area contributed by atoms with Gasteiger partial charge in [0.05, 0.1) is 15.8 Å². The molecule has 0 atom stereocenters. The molecule has 4 heteroatoms. The Morgan fingerprint density at radius 1 is 1.04 bits per heavy atom. The molecule has 0 saturated carbocycles. The van der Waals surface area contributed by atoms with Crippen molar-refractivity contribution < 1.29 is 9.67 Å². The number of hydrogen-bond acceptors (Lipinski definition) is 3. The van der Waals surface area contributed by atoms with Gasteiger partial charge in [-0.1, -0.05) is 24.3 Å². The van der Waals surface area contributed by atoms with Crippen LogP contribution in [-0.2, 0) is 7.05 Å². The number of pyridine rings is 1. The van der Waals surface area contributed by atoms with Gasteiger partial charge in [0.2, 0.25) is 0 Å². The van der Waals surface area contributed by atoms with Crippen LogP contribution in [0.2, 0.25) is 0 Å². The minimum atomic E-state index is 0.271. The Bertz CT molecular complexity index is 1080. The number of hydrogen-bond donors (Lipinski definition) is 1. The van der Waals surface area contributed by atoms with Crippen molar-refractivity contribution in [3.63, 3.8) is 0 Å². The van der Waals surface area contributed by atoms with Crippen molar-refractivity contribution in [1.29, 1.82) is 0 Å². The van der Waals surface area contributed by atoms with Gasteiger partial charge < -0.3 is 5.11 Å². The number of thiazole rings is 1. The number of fused-ring (bicyclic) bond motifs is 1. The number of aromatic nitrogens is 2. The maximum absolute atomic E-state index is 10.8. The largest absolute Gasteiger partial charge is 0.507 e. The summed E-state index contributed by atoms with van der Waals surface area (Å²) in [4.78, 5) is 4.69. The second-order valence-electron chi connectivity index (χ2n) is 6.37. The molecule has 2 aromatic heterocycles. The number of nitrogens with zero attached hydrogens (tertiary/aromatic N) is 2. The molecule has 0 amide bonds. The monoisotopic (exact) mass is 359 g/mol. The topological polar surface area (TPSA) is 37.0 Å². The van der Waals surface area contributed by atoms with Crippen molar-refractivity contribution >= 4 is 33.7 Å². The van der Waals surface area contributed by atoms with E-state index in [2.05, 4.69) is 11.1 Å². The van der Waals surface area contributed by atoms with Gasteiger partial charge in [0.1, 0.15) is 17.8 Å². The number of para-hydroxylation sites is 1. The van der Waals surface area contributed by atoms with Gasteiger partial charge in [-0.3, -0.25) is 0 Å². The van der Waals surface area contributed by atoms with E-state index in [9.17, 15) is 5.11 Å². The van der Waals surface area contributed by atoms with Crippen LogP contribution in [0.25, 0.3) is 32.9 Å². The molecule has 4 aromatic rings. The van der Waals surface area contributed by atoms with Crippen LogP contribution in [0.3, 0.4) is 0 Å². The van der Waals surface area contributed by atoms with Crippen LogP contribution in [-0.4, -0.2) is 10.1 Å². The van der Waals surface area contributed by atoms with Crippen molar-refractivity contribution in [1.82, 2.24) is 4.98 Å². The fourth-order valence-electron chi connectivity index (χ4n) is 2.89. The Labute approximate surface area is 156 Å². The molecule has 0 bridgehead atoms. The molecule has 0 spiro atoms.